The Morgan fingerprint density at radius 2 is 1.25 bits per heavy atom. The van der Waals surface area contributed by atoms with E-state index in [0.29, 0.717) is 0 Å². The first-order valence-corrected chi connectivity index (χ1v) is 6.87. The first-order chi connectivity index (χ1) is 11.0. The van der Waals surface area contributed by atoms with Crippen molar-refractivity contribution < 1.29 is 44.4 Å². The number of carbonyl (C=O) groups is 5. The van der Waals surface area contributed by atoms with Crippen molar-refractivity contribution in [1.29, 1.82) is 0 Å². The van der Waals surface area contributed by atoms with Gasteiger partial charge in [0.25, 0.3) is 0 Å². The summed E-state index contributed by atoms with van der Waals surface area (Å²) in [4.78, 5) is 56.8. The molecule has 0 spiro atoms. The van der Waals surface area contributed by atoms with Crippen LogP contribution in [0, 0.1) is 0 Å². The van der Waals surface area contributed by atoms with Crippen LogP contribution in [0.2, 0.25) is 0 Å². The number of ketones is 1. The second kappa shape index (κ2) is 10.3. The number of rotatable bonds is 13. The Morgan fingerprint density at radius 1 is 0.792 bits per heavy atom. The van der Waals surface area contributed by atoms with Crippen molar-refractivity contribution in [2.24, 2.45) is 0 Å². The largest absolute Gasteiger partial charge is 0.480 e. The minimum Gasteiger partial charge on any atom is -0.480 e. The molecule has 0 aliphatic carbocycles. The van der Waals surface area contributed by atoms with Gasteiger partial charge in [0.1, 0.15) is 11.8 Å². The fraction of sp³-hybridized carbons (Fsp3) is 0.615. The second-order valence-corrected chi connectivity index (χ2v) is 5.12. The molecular formula is C13H20N2O9. The van der Waals surface area contributed by atoms with E-state index in [4.69, 9.17) is 15.3 Å². The first-order valence-electron chi connectivity index (χ1n) is 6.87. The number of aliphatic carboxylic acids is 4. The van der Waals surface area contributed by atoms with Crippen molar-refractivity contribution in [2.45, 2.75) is 19.4 Å². The molecule has 0 aliphatic rings. The van der Waals surface area contributed by atoms with Crippen molar-refractivity contribution in [1.82, 2.24) is 9.80 Å². The fourth-order valence-corrected chi connectivity index (χ4v) is 2.03. The van der Waals surface area contributed by atoms with E-state index >= 15 is 0 Å². The molecule has 0 bridgehead atoms. The van der Waals surface area contributed by atoms with Crippen molar-refractivity contribution in [3.05, 3.63) is 0 Å². The highest BCUT2D eigenvalue weighted by molar-refractivity contribution is 5.84. The number of hydrogen-bond acceptors (Lipinski definition) is 7. The molecule has 1 atom stereocenters. The van der Waals surface area contributed by atoms with Gasteiger partial charge < -0.3 is 20.4 Å². The van der Waals surface area contributed by atoms with Crippen LogP contribution in [0.25, 0.3) is 0 Å². The number of hydrogen-bond donors (Lipinski definition) is 4. The zero-order chi connectivity index (χ0) is 18.9. The van der Waals surface area contributed by atoms with Gasteiger partial charge in [0.05, 0.1) is 19.6 Å². The van der Waals surface area contributed by atoms with Gasteiger partial charge in [-0.25, -0.2) is 0 Å². The van der Waals surface area contributed by atoms with E-state index < -0.39 is 61.8 Å². The molecule has 24 heavy (non-hydrogen) atoms. The fourth-order valence-electron chi connectivity index (χ4n) is 2.03. The van der Waals surface area contributed by atoms with Crippen LogP contribution in [0.15, 0.2) is 0 Å². The van der Waals surface area contributed by atoms with Crippen LogP contribution < -0.4 is 0 Å². The minimum atomic E-state index is -1.39. The molecule has 0 heterocycles. The molecule has 0 aromatic carbocycles. The highest BCUT2D eigenvalue weighted by Gasteiger charge is 2.29. The molecule has 136 valence electrons. The van der Waals surface area contributed by atoms with Gasteiger partial charge in [-0.3, -0.25) is 33.8 Å². The van der Waals surface area contributed by atoms with Gasteiger partial charge in [-0.2, -0.15) is 0 Å². The van der Waals surface area contributed by atoms with Gasteiger partial charge in [0.15, 0.2) is 0 Å². The van der Waals surface area contributed by atoms with Crippen molar-refractivity contribution >= 4 is 29.7 Å². The summed E-state index contributed by atoms with van der Waals surface area (Å²) in [5.74, 6) is -5.73. The van der Waals surface area contributed by atoms with E-state index in [2.05, 4.69) is 0 Å². The molecule has 0 radical (unpaired) electrons. The summed E-state index contributed by atoms with van der Waals surface area (Å²) in [6, 6.07) is -1.39. The predicted octanol–water partition coefficient (Wildman–Crippen LogP) is -1.72. The predicted molar refractivity (Wildman–Crippen MR) is 77.6 cm³/mol. The molecule has 4 N–H and O–H groups in total. The lowest BCUT2D eigenvalue weighted by Gasteiger charge is -2.29. The van der Waals surface area contributed by atoms with Gasteiger partial charge in [0, 0.05) is 19.5 Å². The standard InChI is InChI=1S/C13H20N2O9/c1-8(16)4-9(13(23)24)15(7-12(21)22)3-2-14(5-10(17)18)6-11(19)20/h9H,2-7H2,1H3,(H,17,18)(H,19,20)(H,21,22)(H,23,24). The van der Waals surface area contributed by atoms with Gasteiger partial charge in [-0.05, 0) is 6.92 Å². The Bertz CT molecular complexity index is 490. The van der Waals surface area contributed by atoms with Crippen LogP contribution in [0.1, 0.15) is 13.3 Å². The third kappa shape index (κ3) is 9.48. The zero-order valence-electron chi connectivity index (χ0n) is 13.0. The van der Waals surface area contributed by atoms with Crippen LogP contribution in [0.3, 0.4) is 0 Å². The quantitative estimate of drug-likeness (QED) is 0.298. The molecule has 1 unspecified atom stereocenters. The van der Waals surface area contributed by atoms with Gasteiger partial charge >= 0.3 is 23.9 Å². The number of Topliss-reactive ketones (excluding diaryl/α,β-unsaturated/α-hetero) is 1. The maximum absolute atomic E-state index is 11.3. The Morgan fingerprint density at radius 3 is 1.58 bits per heavy atom. The lowest BCUT2D eigenvalue weighted by Crippen LogP contribution is -2.49. The molecule has 0 aliphatic heterocycles. The first kappa shape index (κ1) is 21.5. The molecule has 0 fully saturated rings. The van der Waals surface area contributed by atoms with Crippen molar-refractivity contribution in [3.63, 3.8) is 0 Å². The molecule has 11 nitrogen and oxygen atoms in total. The molecule has 0 rings (SSSR count). The van der Waals surface area contributed by atoms with E-state index in [1.807, 2.05) is 0 Å². The summed E-state index contributed by atoms with van der Waals surface area (Å²) in [6.45, 7) is -1.13. The topological polar surface area (TPSA) is 173 Å². The van der Waals surface area contributed by atoms with E-state index in [1.165, 1.54) is 0 Å². The molecule has 0 aromatic rings. The number of carboxylic acid groups (broad SMARTS) is 4. The van der Waals surface area contributed by atoms with Crippen molar-refractivity contribution in [3.8, 4) is 0 Å². The monoisotopic (exact) mass is 348 g/mol. The summed E-state index contributed by atoms with van der Waals surface area (Å²) >= 11 is 0. The molecule has 11 heteroatoms. The third-order valence-corrected chi connectivity index (χ3v) is 2.97. The minimum absolute atomic E-state index is 0.187. The highest BCUT2D eigenvalue weighted by atomic mass is 16.4. The summed E-state index contributed by atoms with van der Waals surface area (Å²) < 4.78 is 0. The summed E-state index contributed by atoms with van der Waals surface area (Å²) in [5, 5.41) is 35.5. The maximum Gasteiger partial charge on any atom is 0.321 e. The average molecular weight is 348 g/mol. The van der Waals surface area contributed by atoms with Crippen molar-refractivity contribution in [2.75, 3.05) is 32.7 Å². The SMILES string of the molecule is CC(=O)CC(C(=O)O)N(CCN(CC(=O)O)CC(=O)O)CC(=O)O. The lowest BCUT2D eigenvalue weighted by molar-refractivity contribution is -0.149. The number of carbonyl (C=O) groups excluding carboxylic acids is 1. The van der Waals surface area contributed by atoms with Gasteiger partial charge in [-0.1, -0.05) is 0 Å². The average Bonchev–Trinajstić information content (AvgIpc) is 2.38. The summed E-state index contributed by atoms with van der Waals surface area (Å²) in [5.41, 5.74) is 0. The lowest BCUT2D eigenvalue weighted by atomic mass is 10.1. The number of carboxylic acids is 4. The Labute approximate surface area is 137 Å². The van der Waals surface area contributed by atoms with Crippen LogP contribution in [-0.4, -0.2) is 98.7 Å². The van der Waals surface area contributed by atoms with Crippen LogP contribution in [-0.2, 0) is 24.0 Å². The zero-order valence-corrected chi connectivity index (χ0v) is 13.0. The second-order valence-electron chi connectivity index (χ2n) is 5.12. The Kier molecular flexibility index (Phi) is 9.20. The van der Waals surface area contributed by atoms with E-state index in [9.17, 15) is 29.1 Å². The third-order valence-electron chi connectivity index (χ3n) is 2.97. The van der Waals surface area contributed by atoms with Gasteiger partial charge in [-0.15, -0.1) is 0 Å². The molecule has 0 saturated heterocycles. The van der Waals surface area contributed by atoms with Gasteiger partial charge in [0.2, 0.25) is 0 Å². The molecule has 0 aromatic heterocycles. The van der Waals surface area contributed by atoms with E-state index in [1.54, 1.807) is 0 Å². The maximum atomic E-state index is 11.3. The summed E-state index contributed by atoms with van der Waals surface area (Å²) in [7, 11) is 0. The molecule has 0 amide bonds. The highest BCUT2D eigenvalue weighted by Crippen LogP contribution is 2.07. The van der Waals surface area contributed by atoms with Crippen LogP contribution >= 0.6 is 0 Å². The Balaban J connectivity index is 5.11. The van der Waals surface area contributed by atoms with E-state index in [0.717, 1.165) is 16.7 Å². The normalized spacial score (nSPS) is 12.1. The molecule has 0 saturated carbocycles. The van der Waals surface area contributed by atoms with E-state index in [-0.39, 0.29) is 13.1 Å². The Hall–Kier alpha value is -2.53. The number of nitrogens with zero attached hydrogens (tertiary/aromatic N) is 2. The molecular weight excluding hydrogens is 328 g/mol. The summed E-state index contributed by atoms with van der Waals surface area (Å²) in [6.07, 6.45) is -0.416. The van der Waals surface area contributed by atoms with Crippen LogP contribution in [0.5, 0.6) is 0 Å². The smallest absolute Gasteiger partial charge is 0.321 e. The van der Waals surface area contributed by atoms with Crippen LogP contribution in [0.4, 0.5) is 0 Å².